The van der Waals surface area contributed by atoms with Crippen molar-refractivity contribution >= 4 is 47.5 Å². The Hall–Kier alpha value is -3.94. The van der Waals surface area contributed by atoms with Crippen molar-refractivity contribution in [1.82, 2.24) is 4.90 Å². The summed E-state index contributed by atoms with van der Waals surface area (Å²) in [7, 11) is 5.44. The van der Waals surface area contributed by atoms with E-state index in [1.807, 2.05) is 61.6 Å². The number of benzene rings is 3. The van der Waals surface area contributed by atoms with Crippen LogP contribution >= 0.6 is 11.6 Å². The van der Waals surface area contributed by atoms with Gasteiger partial charge in [0.05, 0.1) is 7.11 Å². The molecule has 7 nitrogen and oxygen atoms in total. The predicted octanol–water partition coefficient (Wildman–Crippen LogP) is 6.57. The number of rotatable bonds is 8. The summed E-state index contributed by atoms with van der Waals surface area (Å²) >= 11 is 6.59. The summed E-state index contributed by atoms with van der Waals surface area (Å²) in [6, 6.07) is 19.4. The van der Waals surface area contributed by atoms with Gasteiger partial charge in [0.1, 0.15) is 6.29 Å². The molecule has 0 bridgehead atoms. The van der Waals surface area contributed by atoms with Gasteiger partial charge in [-0.15, -0.1) is 0 Å². The summed E-state index contributed by atoms with van der Waals surface area (Å²) in [5, 5.41) is 8.15. The monoisotopic (exact) mass is 576 g/mol. The van der Waals surface area contributed by atoms with E-state index >= 15 is 0 Å². The normalized spacial score (nSPS) is 13.5. The molecule has 1 heterocycles. The summed E-state index contributed by atoms with van der Waals surface area (Å²) < 4.78 is 4.63. The van der Waals surface area contributed by atoms with Crippen molar-refractivity contribution in [2.75, 3.05) is 44.9 Å². The molecule has 3 aromatic carbocycles. The molecule has 1 aliphatic rings. The number of nitrogen functional groups attached to an aromatic ring is 1. The number of anilines is 2. The minimum absolute atomic E-state index is 0. The molecule has 0 aliphatic carbocycles. The van der Waals surface area contributed by atoms with Crippen molar-refractivity contribution < 1.29 is 14.3 Å². The number of likely N-dealkylation sites (tertiary alicyclic amines) is 1. The molecule has 1 aliphatic heterocycles. The summed E-state index contributed by atoms with van der Waals surface area (Å²) in [5.41, 5.74) is 12.0. The SMILES string of the molecule is C.CN1CCC(C=O)CC1.COC(=O)/C=C/c1cccc(N(C)Cc2ccc(-c3ccc(N)c(C=N)c3)cc2Cl)c1. The minimum Gasteiger partial charge on any atom is -0.466 e. The number of piperidine rings is 1. The number of nitrogens with two attached hydrogens (primary N) is 1. The van der Waals surface area contributed by atoms with Crippen LogP contribution in [0.2, 0.25) is 5.02 Å². The first kappa shape index (κ1) is 33.3. The van der Waals surface area contributed by atoms with Crippen LogP contribution in [0.15, 0.2) is 66.7 Å². The van der Waals surface area contributed by atoms with E-state index in [1.165, 1.54) is 19.4 Å². The Morgan fingerprint density at radius 3 is 2.44 bits per heavy atom. The lowest BCUT2D eigenvalue weighted by molar-refractivity contribution is -0.134. The molecule has 3 N–H and O–H groups in total. The largest absolute Gasteiger partial charge is 0.466 e. The van der Waals surface area contributed by atoms with E-state index in [2.05, 4.69) is 21.6 Å². The second-order valence-electron chi connectivity index (χ2n) is 9.88. The van der Waals surface area contributed by atoms with Crippen molar-refractivity contribution in [2.24, 2.45) is 5.92 Å². The molecule has 0 unspecified atom stereocenters. The van der Waals surface area contributed by atoms with Crippen LogP contribution in [-0.2, 0) is 20.9 Å². The number of aldehydes is 1. The van der Waals surface area contributed by atoms with Gasteiger partial charge in [-0.1, -0.05) is 49.4 Å². The number of nitrogens with one attached hydrogen (secondary N) is 1. The zero-order valence-electron chi connectivity index (χ0n) is 23.3. The van der Waals surface area contributed by atoms with E-state index in [1.54, 1.807) is 12.1 Å². The Morgan fingerprint density at radius 1 is 1.12 bits per heavy atom. The van der Waals surface area contributed by atoms with Crippen LogP contribution in [0.5, 0.6) is 0 Å². The Balaban J connectivity index is 0.000000501. The van der Waals surface area contributed by atoms with Crippen LogP contribution < -0.4 is 10.6 Å². The van der Waals surface area contributed by atoms with Crippen LogP contribution in [0.4, 0.5) is 11.4 Å². The average Bonchev–Trinajstić information content (AvgIpc) is 2.98. The highest BCUT2D eigenvalue weighted by Crippen LogP contribution is 2.29. The van der Waals surface area contributed by atoms with Gasteiger partial charge in [0, 0.05) is 53.8 Å². The smallest absolute Gasteiger partial charge is 0.330 e. The molecular formula is C33H41ClN4O3. The number of hydrogen-bond donors (Lipinski definition) is 2. The van der Waals surface area contributed by atoms with E-state index in [4.69, 9.17) is 22.7 Å². The third-order valence-corrected chi connectivity index (χ3v) is 7.27. The Bertz CT molecular complexity index is 1350. The maximum Gasteiger partial charge on any atom is 0.330 e. The lowest BCUT2D eigenvalue weighted by atomic mass is 9.99. The van der Waals surface area contributed by atoms with Gasteiger partial charge < -0.3 is 30.5 Å². The Kier molecular flexibility index (Phi) is 13.3. The number of nitrogens with zero attached hydrogens (tertiary/aromatic N) is 2. The molecule has 1 fully saturated rings. The van der Waals surface area contributed by atoms with Gasteiger partial charge in [0.25, 0.3) is 0 Å². The molecule has 0 saturated carbocycles. The molecule has 1 saturated heterocycles. The van der Waals surface area contributed by atoms with Gasteiger partial charge in [-0.25, -0.2) is 4.79 Å². The first-order valence-electron chi connectivity index (χ1n) is 13.1. The second-order valence-corrected chi connectivity index (χ2v) is 10.3. The Labute approximate surface area is 249 Å². The molecule has 0 atom stereocenters. The fourth-order valence-electron chi connectivity index (χ4n) is 4.34. The van der Waals surface area contributed by atoms with Gasteiger partial charge >= 0.3 is 5.97 Å². The molecule has 8 heteroatoms. The summed E-state index contributed by atoms with van der Waals surface area (Å²) in [6.45, 7) is 2.80. The fourth-order valence-corrected chi connectivity index (χ4v) is 4.58. The number of esters is 1. The maximum atomic E-state index is 11.3. The lowest BCUT2D eigenvalue weighted by Gasteiger charge is -2.25. The molecule has 41 heavy (non-hydrogen) atoms. The van der Waals surface area contributed by atoms with Crippen LogP contribution in [0.3, 0.4) is 0 Å². The van der Waals surface area contributed by atoms with E-state index in [-0.39, 0.29) is 13.4 Å². The average molecular weight is 577 g/mol. The molecule has 4 rings (SSSR count). The summed E-state index contributed by atoms with van der Waals surface area (Å²) in [5.74, 6) is -0.0410. The molecular weight excluding hydrogens is 536 g/mol. The van der Waals surface area contributed by atoms with E-state index in [9.17, 15) is 9.59 Å². The lowest BCUT2D eigenvalue weighted by Crippen LogP contribution is -2.30. The number of halogens is 1. The van der Waals surface area contributed by atoms with Crippen LogP contribution in [0, 0.1) is 11.3 Å². The van der Waals surface area contributed by atoms with Gasteiger partial charge in [0.2, 0.25) is 0 Å². The van der Waals surface area contributed by atoms with Crippen LogP contribution in [0.1, 0.15) is 37.0 Å². The van der Waals surface area contributed by atoms with Crippen molar-refractivity contribution in [3.63, 3.8) is 0 Å². The number of carbonyl (C=O) groups is 2. The Morgan fingerprint density at radius 2 is 1.80 bits per heavy atom. The van der Waals surface area contributed by atoms with E-state index in [0.29, 0.717) is 28.7 Å². The van der Waals surface area contributed by atoms with Gasteiger partial charge in [-0.2, -0.15) is 0 Å². The van der Waals surface area contributed by atoms with Crippen molar-refractivity contribution in [3.05, 3.63) is 88.5 Å². The molecule has 218 valence electrons. The van der Waals surface area contributed by atoms with Gasteiger partial charge in [-0.05, 0) is 91.6 Å². The van der Waals surface area contributed by atoms with E-state index in [0.717, 1.165) is 60.2 Å². The van der Waals surface area contributed by atoms with Gasteiger partial charge in [0.15, 0.2) is 0 Å². The first-order valence-corrected chi connectivity index (χ1v) is 13.5. The number of ether oxygens (including phenoxy) is 1. The topological polar surface area (TPSA) is 99.7 Å². The first-order chi connectivity index (χ1) is 19.2. The number of carbonyl (C=O) groups excluding carboxylic acids is 2. The third kappa shape index (κ3) is 9.88. The number of methoxy groups -OCH3 is 1. The fraction of sp³-hybridized carbons (Fsp3) is 0.303. The highest BCUT2D eigenvalue weighted by Gasteiger charge is 2.14. The predicted molar refractivity (Wildman–Crippen MR) is 172 cm³/mol. The third-order valence-electron chi connectivity index (χ3n) is 6.92. The molecule has 0 aromatic heterocycles. The molecule has 0 amide bonds. The standard InChI is InChI=1S/C25H24ClN3O2.C7H13NO.CH4/c1-29(22-5-3-4-17(12-22)6-11-25(30)31-2)16-20-8-7-19(14-23(20)26)18-9-10-24(28)21(13-18)15-27;1-8-4-2-7(6-9)3-5-8;/h3-15,27H,16,28H2,1-2H3;6-7H,2-5H2,1H3;1H4/b11-6+,27-15?;;. The summed E-state index contributed by atoms with van der Waals surface area (Å²) in [6.07, 6.45) is 7.57. The van der Waals surface area contributed by atoms with Crippen molar-refractivity contribution in [3.8, 4) is 11.1 Å². The maximum absolute atomic E-state index is 11.3. The minimum atomic E-state index is -0.389. The highest BCUT2D eigenvalue weighted by molar-refractivity contribution is 6.31. The quantitative estimate of drug-likeness (QED) is 0.103. The molecule has 0 spiro atoms. The van der Waals surface area contributed by atoms with Crippen molar-refractivity contribution in [2.45, 2.75) is 26.8 Å². The molecule has 3 aromatic rings. The highest BCUT2D eigenvalue weighted by atomic mass is 35.5. The van der Waals surface area contributed by atoms with Gasteiger partial charge in [-0.3, -0.25) is 0 Å². The zero-order chi connectivity index (χ0) is 29.1. The molecule has 0 radical (unpaired) electrons. The zero-order valence-corrected chi connectivity index (χ0v) is 24.0. The van der Waals surface area contributed by atoms with E-state index < -0.39 is 0 Å². The second kappa shape index (κ2) is 16.4. The number of hydrogen-bond acceptors (Lipinski definition) is 7. The van der Waals surface area contributed by atoms with Crippen molar-refractivity contribution in [1.29, 1.82) is 5.41 Å². The summed E-state index contributed by atoms with van der Waals surface area (Å²) in [4.78, 5) is 25.9. The van der Waals surface area contributed by atoms with Crippen LogP contribution in [0.25, 0.3) is 17.2 Å². The van der Waals surface area contributed by atoms with Crippen LogP contribution in [-0.4, -0.2) is 57.7 Å².